The lowest BCUT2D eigenvalue weighted by molar-refractivity contribution is -0.143. The summed E-state index contributed by atoms with van der Waals surface area (Å²) < 4.78 is 5.33. The first-order chi connectivity index (χ1) is 15.1. The van der Waals surface area contributed by atoms with Gasteiger partial charge in [0.2, 0.25) is 0 Å². The van der Waals surface area contributed by atoms with Crippen LogP contribution in [0.5, 0.6) is 0 Å². The van der Waals surface area contributed by atoms with Gasteiger partial charge in [-0.15, -0.1) is 0 Å². The minimum atomic E-state index is -0.266. The number of esters is 1. The second-order valence-corrected chi connectivity index (χ2v) is 12.4. The molecule has 4 aliphatic rings. The van der Waals surface area contributed by atoms with E-state index in [0.717, 1.165) is 43.4 Å². The first kappa shape index (κ1) is 24.0. The number of ether oxygens (including phenoxy) is 1. The molecule has 0 saturated heterocycles. The summed E-state index contributed by atoms with van der Waals surface area (Å²) in [4.78, 5) is 13.0. The van der Waals surface area contributed by atoms with Crippen molar-refractivity contribution in [3.8, 4) is 0 Å². The van der Waals surface area contributed by atoms with Gasteiger partial charge in [0.05, 0.1) is 19.1 Å². The average Bonchev–Trinajstić information content (AvgIpc) is 3.10. The van der Waals surface area contributed by atoms with E-state index in [-0.39, 0.29) is 28.8 Å². The van der Waals surface area contributed by atoms with Gasteiger partial charge in [0.1, 0.15) is 0 Å². The molecule has 0 aromatic carbocycles. The molecular formula is C29H46O3. The van der Waals surface area contributed by atoms with Crippen LogP contribution in [-0.4, -0.2) is 24.3 Å². The number of aliphatic hydroxyl groups excluding tert-OH is 1. The van der Waals surface area contributed by atoms with Crippen LogP contribution in [0.3, 0.4) is 0 Å². The van der Waals surface area contributed by atoms with E-state index in [4.69, 9.17) is 4.74 Å². The molecule has 7 atom stereocenters. The second-order valence-electron chi connectivity index (χ2n) is 12.4. The number of aliphatic hydroxyl groups is 1. The summed E-state index contributed by atoms with van der Waals surface area (Å²) in [5.41, 5.74) is 4.65. The number of carbonyl (C=O) groups excluding carboxylic acids is 1. The van der Waals surface area contributed by atoms with Crippen LogP contribution in [0.4, 0.5) is 0 Å². The summed E-state index contributed by atoms with van der Waals surface area (Å²) in [5.74, 6) is 2.32. The predicted molar refractivity (Wildman–Crippen MR) is 130 cm³/mol. The Morgan fingerprint density at radius 1 is 1.12 bits per heavy atom. The molecular weight excluding hydrogens is 396 g/mol. The van der Waals surface area contributed by atoms with E-state index >= 15 is 0 Å². The topological polar surface area (TPSA) is 46.5 Å². The zero-order valence-corrected chi connectivity index (χ0v) is 21.4. The van der Waals surface area contributed by atoms with Gasteiger partial charge < -0.3 is 9.84 Å². The first-order valence-electron chi connectivity index (χ1n) is 13.3. The highest BCUT2D eigenvalue weighted by atomic mass is 16.5. The molecule has 0 spiro atoms. The molecule has 4 aliphatic carbocycles. The van der Waals surface area contributed by atoms with E-state index in [2.05, 4.69) is 40.7 Å². The van der Waals surface area contributed by atoms with Gasteiger partial charge in [-0.1, -0.05) is 71.1 Å². The molecule has 180 valence electrons. The van der Waals surface area contributed by atoms with Crippen LogP contribution in [0.25, 0.3) is 0 Å². The maximum absolute atomic E-state index is 13.0. The van der Waals surface area contributed by atoms with Gasteiger partial charge in [0.25, 0.3) is 0 Å². The molecule has 4 rings (SSSR count). The van der Waals surface area contributed by atoms with Crippen molar-refractivity contribution in [2.45, 2.75) is 105 Å². The van der Waals surface area contributed by atoms with Gasteiger partial charge in [-0.2, -0.15) is 0 Å². The van der Waals surface area contributed by atoms with Crippen molar-refractivity contribution in [2.75, 3.05) is 7.11 Å². The van der Waals surface area contributed by atoms with Crippen molar-refractivity contribution in [3.05, 3.63) is 22.8 Å². The van der Waals surface area contributed by atoms with Crippen LogP contribution >= 0.6 is 0 Å². The van der Waals surface area contributed by atoms with Crippen LogP contribution in [0.1, 0.15) is 98.8 Å². The predicted octanol–water partition coefficient (Wildman–Crippen LogP) is 6.85. The highest BCUT2D eigenvalue weighted by Gasteiger charge is 2.56. The molecule has 0 amide bonds. The molecule has 0 radical (unpaired) electrons. The Labute approximate surface area is 196 Å². The van der Waals surface area contributed by atoms with Crippen LogP contribution < -0.4 is 0 Å². The maximum atomic E-state index is 13.0. The van der Waals surface area contributed by atoms with Crippen LogP contribution in [0, 0.1) is 40.4 Å². The molecule has 3 nitrogen and oxygen atoms in total. The van der Waals surface area contributed by atoms with E-state index in [1.54, 1.807) is 5.57 Å². The normalized spacial score (nSPS) is 39.8. The summed E-state index contributed by atoms with van der Waals surface area (Å²) in [6, 6.07) is 0. The molecule has 2 fully saturated rings. The summed E-state index contributed by atoms with van der Waals surface area (Å²) in [5, 5.41) is 10.4. The summed E-state index contributed by atoms with van der Waals surface area (Å²) in [6.45, 7) is 12.1. The van der Waals surface area contributed by atoms with Crippen molar-refractivity contribution in [3.63, 3.8) is 0 Å². The van der Waals surface area contributed by atoms with Crippen molar-refractivity contribution >= 4 is 5.97 Å². The molecule has 0 aromatic rings. The van der Waals surface area contributed by atoms with E-state index in [9.17, 15) is 9.90 Å². The summed E-state index contributed by atoms with van der Waals surface area (Å²) in [7, 11) is 1.53. The first-order valence-corrected chi connectivity index (χ1v) is 13.3. The zero-order valence-electron chi connectivity index (χ0n) is 21.4. The fraction of sp³-hybridized carbons (Fsp3) is 0.828. The second kappa shape index (κ2) is 8.93. The molecule has 3 heteroatoms. The SMILES string of the molecule is COC(=O)C1C=C2C[C@@H](O)CC[C@]2(C)[C@H]2CC[C@@]3(C)C(=C12)CC[C@@H]3[C@H](C)CCCC(C)C. The molecule has 0 aromatic heterocycles. The number of allylic oxidation sites excluding steroid dienone is 1. The van der Waals surface area contributed by atoms with Gasteiger partial charge in [-0.25, -0.2) is 0 Å². The minimum absolute atomic E-state index is 0.0916. The zero-order chi connectivity index (χ0) is 23.3. The summed E-state index contributed by atoms with van der Waals surface area (Å²) >= 11 is 0. The van der Waals surface area contributed by atoms with Gasteiger partial charge in [0, 0.05) is 0 Å². The van der Waals surface area contributed by atoms with Crippen LogP contribution in [0.2, 0.25) is 0 Å². The fourth-order valence-electron chi connectivity index (χ4n) is 8.26. The lowest BCUT2D eigenvalue weighted by Crippen LogP contribution is -2.47. The van der Waals surface area contributed by atoms with E-state index in [0.29, 0.717) is 5.92 Å². The van der Waals surface area contributed by atoms with Gasteiger partial charge >= 0.3 is 5.97 Å². The Morgan fingerprint density at radius 2 is 1.84 bits per heavy atom. The Balaban J connectivity index is 1.71. The van der Waals surface area contributed by atoms with Gasteiger partial charge in [0.15, 0.2) is 0 Å². The Bertz CT molecular complexity index is 792. The number of hydrogen-bond acceptors (Lipinski definition) is 3. The minimum Gasteiger partial charge on any atom is -0.468 e. The number of methoxy groups -OCH3 is 1. The lowest BCUT2D eigenvalue weighted by Gasteiger charge is -2.54. The van der Waals surface area contributed by atoms with Crippen molar-refractivity contribution in [1.29, 1.82) is 0 Å². The average molecular weight is 443 g/mol. The Kier molecular flexibility index (Phi) is 6.71. The third-order valence-electron chi connectivity index (χ3n) is 10.1. The number of carbonyl (C=O) groups is 1. The largest absolute Gasteiger partial charge is 0.468 e. The molecule has 0 aliphatic heterocycles. The molecule has 0 heterocycles. The van der Waals surface area contributed by atoms with Crippen LogP contribution in [0.15, 0.2) is 22.8 Å². The lowest BCUT2D eigenvalue weighted by atomic mass is 9.50. The summed E-state index contributed by atoms with van der Waals surface area (Å²) in [6.07, 6.45) is 13.4. The molecule has 32 heavy (non-hydrogen) atoms. The monoisotopic (exact) mass is 442 g/mol. The highest BCUT2D eigenvalue weighted by Crippen LogP contribution is 2.65. The quantitative estimate of drug-likeness (QED) is 0.361. The smallest absolute Gasteiger partial charge is 0.316 e. The van der Waals surface area contributed by atoms with E-state index < -0.39 is 0 Å². The molecule has 2 saturated carbocycles. The number of fused-ring (bicyclic) bond motifs is 4. The van der Waals surface area contributed by atoms with Gasteiger partial charge in [-0.3, -0.25) is 4.79 Å². The third kappa shape index (κ3) is 3.91. The third-order valence-corrected chi connectivity index (χ3v) is 10.1. The van der Waals surface area contributed by atoms with Crippen molar-refractivity contribution < 1.29 is 14.6 Å². The molecule has 0 bridgehead atoms. The molecule has 1 N–H and O–H groups in total. The maximum Gasteiger partial charge on any atom is 0.316 e. The highest BCUT2D eigenvalue weighted by molar-refractivity contribution is 5.79. The standard InChI is InChI=1S/C29H46O3/c1-18(2)8-7-9-19(3)23-10-11-24-26-22(27(31)32-6)17-20-16-21(30)12-14-28(20,4)25(26)13-15-29(23,24)5/h17-19,21-23,25,30H,7-16H2,1-6H3/t19-,21+,22?,23-,25+,28+,29-/m1/s1. The van der Waals surface area contributed by atoms with E-state index in [1.165, 1.54) is 56.8 Å². The number of hydrogen-bond donors (Lipinski definition) is 1. The van der Waals surface area contributed by atoms with Crippen molar-refractivity contribution in [2.24, 2.45) is 40.4 Å². The molecule has 1 unspecified atom stereocenters. The number of rotatable bonds is 6. The fourth-order valence-corrected chi connectivity index (χ4v) is 8.26. The van der Waals surface area contributed by atoms with Crippen molar-refractivity contribution in [1.82, 2.24) is 0 Å². The Hall–Kier alpha value is -1.09. The van der Waals surface area contributed by atoms with Gasteiger partial charge in [-0.05, 0) is 85.0 Å². The van der Waals surface area contributed by atoms with Crippen LogP contribution in [-0.2, 0) is 9.53 Å². The van der Waals surface area contributed by atoms with E-state index in [1.807, 2.05) is 0 Å². The Morgan fingerprint density at radius 3 is 2.53 bits per heavy atom.